The standard InChI is InChI=1S/C16H28N2O/c1-15(2)11-6-8-16(15,3)13(10-11)18-14(19)7-9-17-12-4-5-12/h11-13,17H,4-10H2,1-3H3,(H,18,19). The van der Waals surface area contributed by atoms with Crippen molar-refractivity contribution in [3.63, 3.8) is 0 Å². The minimum Gasteiger partial charge on any atom is -0.353 e. The van der Waals surface area contributed by atoms with Crippen molar-refractivity contribution in [2.45, 2.75) is 71.4 Å². The Bertz CT molecular complexity index is 375. The van der Waals surface area contributed by atoms with Gasteiger partial charge in [0.15, 0.2) is 0 Å². The van der Waals surface area contributed by atoms with Crippen LogP contribution in [0.3, 0.4) is 0 Å². The summed E-state index contributed by atoms with van der Waals surface area (Å²) in [5.41, 5.74) is 0.689. The predicted octanol–water partition coefficient (Wildman–Crippen LogP) is 2.46. The smallest absolute Gasteiger partial charge is 0.221 e. The highest BCUT2D eigenvalue weighted by atomic mass is 16.1. The van der Waals surface area contributed by atoms with Crippen molar-refractivity contribution in [2.24, 2.45) is 16.7 Å². The van der Waals surface area contributed by atoms with Gasteiger partial charge in [-0.25, -0.2) is 0 Å². The van der Waals surface area contributed by atoms with E-state index >= 15 is 0 Å². The van der Waals surface area contributed by atoms with E-state index in [1.807, 2.05) is 0 Å². The topological polar surface area (TPSA) is 41.1 Å². The third kappa shape index (κ3) is 2.20. The largest absolute Gasteiger partial charge is 0.353 e. The number of nitrogens with one attached hydrogen (secondary N) is 2. The Labute approximate surface area is 116 Å². The third-order valence-electron chi connectivity index (χ3n) is 6.49. The number of hydrogen-bond donors (Lipinski definition) is 2. The van der Waals surface area contributed by atoms with E-state index in [1.165, 1.54) is 32.1 Å². The van der Waals surface area contributed by atoms with Crippen molar-refractivity contribution in [1.29, 1.82) is 0 Å². The van der Waals surface area contributed by atoms with Crippen LogP contribution >= 0.6 is 0 Å². The molecule has 2 bridgehead atoms. The van der Waals surface area contributed by atoms with Gasteiger partial charge < -0.3 is 10.6 Å². The van der Waals surface area contributed by atoms with Gasteiger partial charge in [-0.15, -0.1) is 0 Å². The van der Waals surface area contributed by atoms with Crippen LogP contribution in [0.1, 0.15) is 59.3 Å². The minimum atomic E-state index is 0.239. The molecule has 2 N–H and O–H groups in total. The van der Waals surface area contributed by atoms with Gasteiger partial charge in [0, 0.05) is 25.0 Å². The molecule has 3 unspecified atom stereocenters. The van der Waals surface area contributed by atoms with E-state index in [1.54, 1.807) is 0 Å². The summed E-state index contributed by atoms with van der Waals surface area (Å²) in [6, 6.07) is 1.10. The number of fused-ring (bicyclic) bond motifs is 2. The average molecular weight is 264 g/mol. The number of carbonyl (C=O) groups is 1. The van der Waals surface area contributed by atoms with Gasteiger partial charge in [-0.1, -0.05) is 20.8 Å². The van der Waals surface area contributed by atoms with Crippen LogP contribution in [-0.2, 0) is 4.79 Å². The first-order chi connectivity index (χ1) is 8.93. The first-order valence-electron chi connectivity index (χ1n) is 7.96. The highest BCUT2D eigenvalue weighted by Crippen LogP contribution is 2.65. The number of hydrogen-bond acceptors (Lipinski definition) is 2. The average Bonchev–Trinajstić information content (AvgIpc) is 3.09. The lowest BCUT2D eigenvalue weighted by molar-refractivity contribution is -0.122. The molecule has 0 aromatic carbocycles. The molecule has 3 saturated carbocycles. The van der Waals surface area contributed by atoms with Crippen LogP contribution in [0.2, 0.25) is 0 Å². The molecule has 0 aromatic heterocycles. The van der Waals surface area contributed by atoms with Crippen LogP contribution in [0, 0.1) is 16.7 Å². The van der Waals surface area contributed by atoms with Crippen LogP contribution < -0.4 is 10.6 Å². The molecule has 19 heavy (non-hydrogen) atoms. The number of carbonyl (C=O) groups excluding carboxylic acids is 1. The van der Waals surface area contributed by atoms with Gasteiger partial charge in [0.1, 0.15) is 0 Å². The molecule has 3 nitrogen and oxygen atoms in total. The Balaban J connectivity index is 1.51. The monoisotopic (exact) mass is 264 g/mol. The molecular formula is C16H28N2O. The molecule has 0 radical (unpaired) electrons. The van der Waals surface area contributed by atoms with Crippen molar-refractivity contribution in [3.05, 3.63) is 0 Å². The van der Waals surface area contributed by atoms with Gasteiger partial charge >= 0.3 is 0 Å². The Morgan fingerprint density at radius 2 is 1.95 bits per heavy atom. The molecule has 0 heterocycles. The van der Waals surface area contributed by atoms with Crippen molar-refractivity contribution < 1.29 is 4.79 Å². The molecule has 0 aliphatic heterocycles. The fourth-order valence-electron chi connectivity index (χ4n) is 4.37. The van der Waals surface area contributed by atoms with Crippen LogP contribution in [0.15, 0.2) is 0 Å². The van der Waals surface area contributed by atoms with Gasteiger partial charge in [0.2, 0.25) is 5.91 Å². The molecule has 1 amide bonds. The summed E-state index contributed by atoms with van der Waals surface area (Å²) in [6.45, 7) is 8.01. The van der Waals surface area contributed by atoms with E-state index in [0.29, 0.717) is 29.3 Å². The third-order valence-corrected chi connectivity index (χ3v) is 6.49. The van der Waals surface area contributed by atoms with Gasteiger partial charge in [-0.3, -0.25) is 4.79 Å². The van der Waals surface area contributed by atoms with E-state index in [4.69, 9.17) is 0 Å². The van der Waals surface area contributed by atoms with Crippen molar-refractivity contribution in [2.75, 3.05) is 6.54 Å². The van der Waals surface area contributed by atoms with Crippen LogP contribution in [0.25, 0.3) is 0 Å². The summed E-state index contributed by atoms with van der Waals surface area (Å²) in [4.78, 5) is 12.1. The molecule has 3 aliphatic carbocycles. The Hall–Kier alpha value is -0.570. The Morgan fingerprint density at radius 1 is 1.21 bits per heavy atom. The lowest BCUT2D eigenvalue weighted by Gasteiger charge is -2.39. The molecule has 3 rings (SSSR count). The fraction of sp³-hybridized carbons (Fsp3) is 0.938. The quantitative estimate of drug-likeness (QED) is 0.801. The van der Waals surface area contributed by atoms with E-state index in [-0.39, 0.29) is 5.91 Å². The zero-order chi connectivity index (χ0) is 13.7. The molecule has 0 spiro atoms. The fourth-order valence-corrected chi connectivity index (χ4v) is 4.37. The predicted molar refractivity (Wildman–Crippen MR) is 76.8 cm³/mol. The Kier molecular flexibility index (Phi) is 3.16. The second kappa shape index (κ2) is 4.47. The highest BCUT2D eigenvalue weighted by molar-refractivity contribution is 5.76. The molecule has 3 fully saturated rings. The van der Waals surface area contributed by atoms with Crippen LogP contribution in [0.5, 0.6) is 0 Å². The zero-order valence-electron chi connectivity index (χ0n) is 12.6. The maximum atomic E-state index is 12.1. The van der Waals surface area contributed by atoms with E-state index < -0.39 is 0 Å². The van der Waals surface area contributed by atoms with Gasteiger partial charge in [0.25, 0.3) is 0 Å². The minimum absolute atomic E-state index is 0.239. The summed E-state index contributed by atoms with van der Waals surface area (Å²) < 4.78 is 0. The lowest BCUT2D eigenvalue weighted by Crippen LogP contribution is -2.47. The summed E-state index contributed by atoms with van der Waals surface area (Å²) in [5.74, 6) is 1.04. The summed E-state index contributed by atoms with van der Waals surface area (Å²) >= 11 is 0. The van der Waals surface area contributed by atoms with Gasteiger partial charge in [0.05, 0.1) is 0 Å². The molecule has 0 saturated heterocycles. The van der Waals surface area contributed by atoms with Crippen LogP contribution in [0.4, 0.5) is 0 Å². The molecule has 108 valence electrons. The Morgan fingerprint density at radius 3 is 2.47 bits per heavy atom. The number of rotatable bonds is 5. The number of amides is 1. The van der Waals surface area contributed by atoms with Crippen molar-refractivity contribution in [3.8, 4) is 0 Å². The lowest BCUT2D eigenvalue weighted by atomic mass is 9.69. The maximum absolute atomic E-state index is 12.1. The first-order valence-corrected chi connectivity index (χ1v) is 7.96. The zero-order valence-corrected chi connectivity index (χ0v) is 12.6. The normalized spacial score (nSPS) is 39.5. The molecular weight excluding hydrogens is 236 g/mol. The second-order valence-corrected chi connectivity index (χ2v) is 7.71. The van der Waals surface area contributed by atoms with Gasteiger partial charge in [-0.2, -0.15) is 0 Å². The summed E-state index contributed by atoms with van der Waals surface area (Å²) in [5, 5.41) is 6.73. The molecule has 3 atom stereocenters. The second-order valence-electron chi connectivity index (χ2n) is 7.71. The highest BCUT2D eigenvalue weighted by Gasteiger charge is 2.61. The molecule has 3 aliphatic rings. The summed E-state index contributed by atoms with van der Waals surface area (Å²) in [7, 11) is 0. The van der Waals surface area contributed by atoms with E-state index in [0.717, 1.165) is 12.5 Å². The van der Waals surface area contributed by atoms with Gasteiger partial charge in [-0.05, 0) is 48.9 Å². The van der Waals surface area contributed by atoms with E-state index in [9.17, 15) is 4.79 Å². The van der Waals surface area contributed by atoms with Crippen molar-refractivity contribution >= 4 is 5.91 Å². The first kappa shape index (κ1) is 13.4. The summed E-state index contributed by atoms with van der Waals surface area (Å²) in [6.07, 6.45) is 7.02. The van der Waals surface area contributed by atoms with Crippen LogP contribution in [-0.4, -0.2) is 24.5 Å². The molecule has 3 heteroatoms. The SMILES string of the molecule is CC1(C)C2CCC1(C)C(NC(=O)CCNC1CC1)C2. The van der Waals surface area contributed by atoms with E-state index in [2.05, 4.69) is 31.4 Å². The maximum Gasteiger partial charge on any atom is 0.221 e. The van der Waals surface area contributed by atoms with Crippen molar-refractivity contribution in [1.82, 2.24) is 10.6 Å². The molecule has 0 aromatic rings.